The average Bonchev–Trinajstić information content (AvgIpc) is 3.66. The highest BCUT2D eigenvalue weighted by Crippen LogP contribution is 2.43. The summed E-state index contributed by atoms with van der Waals surface area (Å²) in [4.78, 5) is 21.1. The molecule has 8 heteroatoms. The van der Waals surface area contributed by atoms with Gasteiger partial charge in [-0.2, -0.15) is 15.8 Å². The second kappa shape index (κ2) is 15.4. The van der Waals surface area contributed by atoms with E-state index in [1.165, 1.54) is 0 Å². The Labute approximate surface area is 351 Å². The highest BCUT2D eigenvalue weighted by Gasteiger charge is 2.26. The van der Waals surface area contributed by atoms with Crippen LogP contribution in [-0.2, 0) is 0 Å². The monoisotopic (exact) mass is 778 g/mol. The van der Waals surface area contributed by atoms with Gasteiger partial charge in [0.15, 0.2) is 11.6 Å². The molecule has 0 unspecified atom stereocenters. The minimum atomic E-state index is 0.359. The fourth-order valence-corrected chi connectivity index (χ4v) is 7.85. The van der Waals surface area contributed by atoms with Crippen LogP contribution in [0.2, 0.25) is 0 Å². The van der Waals surface area contributed by atoms with E-state index in [4.69, 9.17) is 19.9 Å². The van der Waals surface area contributed by atoms with E-state index in [2.05, 4.69) is 22.8 Å². The van der Waals surface area contributed by atoms with Crippen LogP contribution in [0, 0.1) is 34.0 Å². The zero-order valence-electron chi connectivity index (χ0n) is 32.4. The molecule has 61 heavy (non-hydrogen) atoms. The van der Waals surface area contributed by atoms with Gasteiger partial charge in [-0.1, -0.05) is 121 Å². The van der Waals surface area contributed by atoms with Crippen LogP contribution in [0.4, 0.5) is 0 Å². The lowest BCUT2D eigenvalue weighted by atomic mass is 9.99. The SMILES string of the molecule is N#Cc1cc(-c2nc(-c3ccccc3)cc(-c3ccccc3)n2)c(-n2c3ccc(C#N)cc3c3cc(C#N)ccc32)c(-c2nc(-c3ccccc3)cc(-c3ccccc3)n2)c1. The van der Waals surface area contributed by atoms with Gasteiger partial charge in [-0.05, 0) is 60.7 Å². The number of nitriles is 3. The molecule has 3 heterocycles. The highest BCUT2D eigenvalue weighted by molar-refractivity contribution is 6.11. The number of fused-ring (bicyclic) bond motifs is 3. The maximum Gasteiger partial charge on any atom is 0.162 e. The standard InChI is InChI=1S/C53H30N8/c54-31-34-21-23-49-41(25-34)42-26-35(32-55)22-24-50(42)61(49)51-43(52-57-45(37-13-5-1-6-14-37)29-46(58-52)38-15-7-2-8-16-38)27-36(33-56)28-44(51)53-59-47(39-17-9-3-10-18-39)30-48(60-53)40-19-11-4-12-20-40/h1-30H. The summed E-state index contributed by atoms with van der Waals surface area (Å²) in [6.45, 7) is 0. The lowest BCUT2D eigenvalue weighted by Gasteiger charge is -2.20. The molecule has 0 spiro atoms. The van der Waals surface area contributed by atoms with Crippen LogP contribution in [0.5, 0.6) is 0 Å². The Balaban J connectivity index is 1.38. The Morgan fingerprint density at radius 1 is 0.344 bits per heavy atom. The Morgan fingerprint density at radius 2 is 0.672 bits per heavy atom. The predicted molar refractivity (Wildman–Crippen MR) is 239 cm³/mol. The van der Waals surface area contributed by atoms with Crippen molar-refractivity contribution in [3.63, 3.8) is 0 Å². The fourth-order valence-electron chi connectivity index (χ4n) is 7.85. The lowest BCUT2D eigenvalue weighted by Crippen LogP contribution is -2.06. The summed E-state index contributed by atoms with van der Waals surface area (Å²) in [6, 6.07) is 65.5. The summed E-state index contributed by atoms with van der Waals surface area (Å²) in [5.41, 5.74) is 11.0. The number of hydrogen-bond donors (Lipinski definition) is 0. The summed E-state index contributed by atoms with van der Waals surface area (Å²) < 4.78 is 2.10. The molecule has 0 saturated carbocycles. The molecule has 10 rings (SSSR count). The summed E-state index contributed by atoms with van der Waals surface area (Å²) in [5, 5.41) is 32.4. The third-order valence-corrected chi connectivity index (χ3v) is 10.7. The highest BCUT2D eigenvalue weighted by atomic mass is 15.0. The van der Waals surface area contributed by atoms with E-state index in [9.17, 15) is 15.8 Å². The van der Waals surface area contributed by atoms with Crippen LogP contribution in [0.15, 0.2) is 182 Å². The van der Waals surface area contributed by atoms with E-state index in [1.807, 2.05) is 170 Å². The van der Waals surface area contributed by atoms with Crippen molar-refractivity contribution in [2.24, 2.45) is 0 Å². The van der Waals surface area contributed by atoms with E-state index >= 15 is 0 Å². The number of rotatable bonds is 7. The first-order valence-electron chi connectivity index (χ1n) is 19.6. The van der Waals surface area contributed by atoms with Crippen molar-refractivity contribution in [3.8, 4) is 91.7 Å². The molecule has 0 saturated heterocycles. The molecule has 0 aliphatic rings. The van der Waals surface area contributed by atoms with Crippen LogP contribution in [0.3, 0.4) is 0 Å². The molecule has 0 amide bonds. The topological polar surface area (TPSA) is 128 Å². The van der Waals surface area contributed by atoms with Gasteiger partial charge in [0.05, 0.1) is 74.4 Å². The molecule has 0 N–H and O–H groups in total. The molecule has 7 aromatic carbocycles. The van der Waals surface area contributed by atoms with Gasteiger partial charge in [0.25, 0.3) is 0 Å². The van der Waals surface area contributed by atoms with Crippen molar-refractivity contribution >= 4 is 21.8 Å². The van der Waals surface area contributed by atoms with Crippen LogP contribution in [0.1, 0.15) is 16.7 Å². The summed E-state index contributed by atoms with van der Waals surface area (Å²) >= 11 is 0. The van der Waals surface area contributed by atoms with Gasteiger partial charge in [0.1, 0.15) is 0 Å². The first-order chi connectivity index (χ1) is 30.1. The second-order valence-electron chi connectivity index (χ2n) is 14.4. The molecule has 0 bridgehead atoms. The fraction of sp³-hybridized carbons (Fsp3) is 0. The molecule has 0 fully saturated rings. The Kier molecular flexibility index (Phi) is 9.16. The average molecular weight is 779 g/mol. The van der Waals surface area contributed by atoms with Crippen molar-refractivity contribution < 1.29 is 0 Å². The summed E-state index contributed by atoms with van der Waals surface area (Å²) in [7, 11) is 0. The molecule has 0 aliphatic carbocycles. The van der Waals surface area contributed by atoms with Crippen molar-refractivity contribution in [3.05, 3.63) is 199 Å². The maximum atomic E-state index is 10.8. The van der Waals surface area contributed by atoms with Gasteiger partial charge in [-0.25, -0.2) is 19.9 Å². The van der Waals surface area contributed by atoms with Crippen LogP contribution in [-0.4, -0.2) is 24.5 Å². The van der Waals surface area contributed by atoms with E-state index in [0.29, 0.717) is 67.9 Å². The van der Waals surface area contributed by atoms with Gasteiger partial charge < -0.3 is 4.57 Å². The van der Waals surface area contributed by atoms with Gasteiger partial charge in [-0.15, -0.1) is 0 Å². The van der Waals surface area contributed by atoms with Gasteiger partial charge >= 0.3 is 0 Å². The quantitative estimate of drug-likeness (QED) is 0.157. The van der Waals surface area contributed by atoms with Crippen molar-refractivity contribution in [2.45, 2.75) is 0 Å². The van der Waals surface area contributed by atoms with E-state index in [-0.39, 0.29) is 0 Å². The smallest absolute Gasteiger partial charge is 0.162 e. The third-order valence-electron chi connectivity index (χ3n) is 10.7. The minimum Gasteiger partial charge on any atom is -0.308 e. The molecule has 3 aromatic heterocycles. The van der Waals surface area contributed by atoms with Crippen LogP contribution < -0.4 is 0 Å². The second-order valence-corrected chi connectivity index (χ2v) is 14.4. The summed E-state index contributed by atoms with van der Waals surface area (Å²) in [6.07, 6.45) is 0. The first kappa shape index (κ1) is 36.3. The van der Waals surface area contributed by atoms with E-state index in [1.54, 1.807) is 12.1 Å². The maximum absolute atomic E-state index is 10.8. The lowest BCUT2D eigenvalue weighted by molar-refractivity contribution is 1.12. The summed E-state index contributed by atoms with van der Waals surface area (Å²) in [5.74, 6) is 0.765. The molecule has 10 aromatic rings. The van der Waals surface area contributed by atoms with Crippen LogP contribution >= 0.6 is 0 Å². The van der Waals surface area contributed by atoms with Crippen molar-refractivity contribution in [1.82, 2.24) is 24.5 Å². The molecule has 282 valence electrons. The predicted octanol–water partition coefficient (Wildman–Crippen LogP) is 12.0. The number of benzene rings is 7. The number of aromatic nitrogens is 5. The zero-order valence-corrected chi connectivity index (χ0v) is 32.4. The number of nitrogens with zero attached hydrogens (tertiary/aromatic N) is 8. The Morgan fingerprint density at radius 3 is 0.984 bits per heavy atom. The molecule has 0 atom stereocenters. The third kappa shape index (κ3) is 6.71. The van der Waals surface area contributed by atoms with Gasteiger partial charge in [-0.3, -0.25) is 0 Å². The molecular weight excluding hydrogens is 749 g/mol. The van der Waals surface area contributed by atoms with Crippen molar-refractivity contribution in [1.29, 1.82) is 15.8 Å². The zero-order chi connectivity index (χ0) is 41.3. The first-order valence-corrected chi connectivity index (χ1v) is 19.6. The van der Waals surface area contributed by atoms with Crippen LogP contribution in [0.25, 0.3) is 95.3 Å². The molecular formula is C53H30N8. The molecule has 0 radical (unpaired) electrons. The van der Waals surface area contributed by atoms with Gasteiger partial charge in [0.2, 0.25) is 0 Å². The largest absolute Gasteiger partial charge is 0.308 e. The Bertz CT molecular complexity index is 3100. The minimum absolute atomic E-state index is 0.359. The number of hydrogen-bond acceptors (Lipinski definition) is 7. The normalized spacial score (nSPS) is 10.9. The molecule has 0 aliphatic heterocycles. The molecule has 8 nitrogen and oxygen atoms in total. The van der Waals surface area contributed by atoms with Gasteiger partial charge in [0, 0.05) is 44.2 Å². The van der Waals surface area contributed by atoms with E-state index in [0.717, 1.165) is 44.1 Å². The van der Waals surface area contributed by atoms with E-state index < -0.39 is 0 Å². The Hall–Kier alpha value is -9.03. The van der Waals surface area contributed by atoms with Crippen molar-refractivity contribution in [2.75, 3.05) is 0 Å².